The third-order valence-electron chi connectivity index (χ3n) is 4.01. The van der Waals surface area contributed by atoms with Crippen molar-refractivity contribution in [3.63, 3.8) is 0 Å². The van der Waals surface area contributed by atoms with Crippen LogP contribution in [0.1, 0.15) is 29.6 Å². The van der Waals surface area contributed by atoms with Crippen molar-refractivity contribution in [1.29, 1.82) is 0 Å². The van der Waals surface area contributed by atoms with Crippen LogP contribution in [-0.4, -0.2) is 41.8 Å². The van der Waals surface area contributed by atoms with E-state index in [0.717, 1.165) is 55.6 Å². The number of ether oxygens (including phenoxy) is 1. The van der Waals surface area contributed by atoms with Gasteiger partial charge >= 0.3 is 0 Å². The molecule has 0 radical (unpaired) electrons. The van der Waals surface area contributed by atoms with Crippen molar-refractivity contribution >= 4 is 5.82 Å². The highest BCUT2D eigenvalue weighted by Gasteiger charge is 2.20. The van der Waals surface area contributed by atoms with Crippen LogP contribution in [0.25, 0.3) is 0 Å². The first-order valence-electron chi connectivity index (χ1n) is 7.77. The Hall–Kier alpha value is -2.01. The summed E-state index contributed by atoms with van der Waals surface area (Å²) in [4.78, 5) is 15.7. The van der Waals surface area contributed by atoms with Crippen molar-refractivity contribution in [2.24, 2.45) is 0 Å². The maximum absolute atomic E-state index is 5.47. The molecule has 116 valence electrons. The normalized spacial score (nSPS) is 17.6. The number of likely N-dealkylation sites (N-methyl/N-ethyl adjacent to an activating group) is 1. The molecule has 1 aliphatic heterocycles. The lowest BCUT2D eigenvalue weighted by atomic mass is 10.0. The van der Waals surface area contributed by atoms with Crippen molar-refractivity contribution in [2.45, 2.75) is 25.7 Å². The fourth-order valence-electron chi connectivity index (χ4n) is 2.69. The van der Waals surface area contributed by atoms with E-state index in [0.29, 0.717) is 5.92 Å². The van der Waals surface area contributed by atoms with Crippen LogP contribution in [0.4, 0.5) is 5.82 Å². The topological polar surface area (TPSA) is 51.1 Å². The average Bonchev–Trinajstić information content (AvgIpc) is 3.07. The van der Waals surface area contributed by atoms with Gasteiger partial charge in [0.05, 0.1) is 12.3 Å². The van der Waals surface area contributed by atoms with Gasteiger partial charge < -0.3 is 9.64 Å². The zero-order valence-electron chi connectivity index (χ0n) is 13.2. The van der Waals surface area contributed by atoms with E-state index in [-0.39, 0.29) is 0 Å². The average molecular weight is 298 g/mol. The van der Waals surface area contributed by atoms with Crippen molar-refractivity contribution in [3.05, 3.63) is 47.7 Å². The van der Waals surface area contributed by atoms with Gasteiger partial charge in [0.1, 0.15) is 11.6 Å². The summed E-state index contributed by atoms with van der Waals surface area (Å²) >= 11 is 0. The van der Waals surface area contributed by atoms with Gasteiger partial charge in [-0.1, -0.05) is 6.07 Å². The molecule has 3 heterocycles. The van der Waals surface area contributed by atoms with Gasteiger partial charge in [0, 0.05) is 50.5 Å². The van der Waals surface area contributed by atoms with Gasteiger partial charge in [-0.3, -0.25) is 4.98 Å². The van der Waals surface area contributed by atoms with E-state index in [1.54, 1.807) is 0 Å². The van der Waals surface area contributed by atoms with Gasteiger partial charge in [-0.05, 0) is 25.5 Å². The Morgan fingerprint density at radius 3 is 2.95 bits per heavy atom. The van der Waals surface area contributed by atoms with Crippen molar-refractivity contribution < 1.29 is 4.74 Å². The minimum Gasteiger partial charge on any atom is -0.381 e. The molecule has 1 fully saturated rings. The summed E-state index contributed by atoms with van der Waals surface area (Å²) in [5.41, 5.74) is 2.20. The minimum absolute atomic E-state index is 0.407. The van der Waals surface area contributed by atoms with Crippen LogP contribution in [-0.2, 0) is 11.2 Å². The number of hydrogen-bond donors (Lipinski definition) is 0. The van der Waals surface area contributed by atoms with Crippen LogP contribution < -0.4 is 4.90 Å². The second-order valence-corrected chi connectivity index (χ2v) is 5.75. The molecule has 0 aromatic carbocycles. The molecule has 5 heteroatoms. The molecule has 1 atom stereocenters. The van der Waals surface area contributed by atoms with Crippen LogP contribution in [0, 0.1) is 6.92 Å². The van der Waals surface area contributed by atoms with Gasteiger partial charge in [0.2, 0.25) is 0 Å². The number of anilines is 1. The van der Waals surface area contributed by atoms with Crippen LogP contribution in [0.5, 0.6) is 0 Å². The summed E-state index contributed by atoms with van der Waals surface area (Å²) in [5, 5.41) is 0. The van der Waals surface area contributed by atoms with E-state index in [4.69, 9.17) is 4.74 Å². The number of pyridine rings is 1. The predicted molar refractivity (Wildman–Crippen MR) is 86.2 cm³/mol. The maximum Gasteiger partial charge on any atom is 0.132 e. The van der Waals surface area contributed by atoms with E-state index in [1.807, 2.05) is 25.3 Å². The summed E-state index contributed by atoms with van der Waals surface area (Å²) in [7, 11) is 2.07. The van der Waals surface area contributed by atoms with Gasteiger partial charge in [-0.15, -0.1) is 0 Å². The number of aromatic nitrogens is 3. The molecule has 0 saturated carbocycles. The highest BCUT2D eigenvalue weighted by Crippen LogP contribution is 2.25. The lowest BCUT2D eigenvalue weighted by molar-refractivity contribution is 0.193. The van der Waals surface area contributed by atoms with Crippen LogP contribution in [0.3, 0.4) is 0 Å². The zero-order chi connectivity index (χ0) is 15.4. The lowest BCUT2D eigenvalue weighted by Gasteiger charge is -2.20. The molecule has 0 bridgehead atoms. The Bertz CT molecular complexity index is 611. The van der Waals surface area contributed by atoms with E-state index < -0.39 is 0 Å². The first-order valence-corrected chi connectivity index (χ1v) is 7.77. The fourth-order valence-corrected chi connectivity index (χ4v) is 2.69. The Kier molecular flexibility index (Phi) is 4.63. The molecule has 1 saturated heterocycles. The first-order chi connectivity index (χ1) is 10.7. The van der Waals surface area contributed by atoms with Crippen LogP contribution in [0.15, 0.2) is 30.5 Å². The van der Waals surface area contributed by atoms with Crippen molar-refractivity contribution in [1.82, 2.24) is 15.0 Å². The van der Waals surface area contributed by atoms with Crippen molar-refractivity contribution in [3.8, 4) is 0 Å². The van der Waals surface area contributed by atoms with Crippen LogP contribution in [0.2, 0.25) is 0 Å². The number of rotatable bonds is 5. The Morgan fingerprint density at radius 2 is 2.23 bits per heavy atom. The zero-order valence-corrected chi connectivity index (χ0v) is 13.2. The number of hydrogen-bond acceptors (Lipinski definition) is 5. The monoisotopic (exact) mass is 298 g/mol. The Balaban J connectivity index is 1.70. The summed E-state index contributed by atoms with van der Waals surface area (Å²) in [5.74, 6) is 2.21. The smallest absolute Gasteiger partial charge is 0.132 e. The molecule has 1 unspecified atom stereocenters. The molecule has 1 aliphatic rings. The molecule has 22 heavy (non-hydrogen) atoms. The molecule has 2 aromatic rings. The van der Waals surface area contributed by atoms with Crippen molar-refractivity contribution in [2.75, 3.05) is 31.7 Å². The van der Waals surface area contributed by atoms with Crippen LogP contribution >= 0.6 is 0 Å². The van der Waals surface area contributed by atoms with Gasteiger partial charge in [-0.25, -0.2) is 9.97 Å². The summed E-state index contributed by atoms with van der Waals surface area (Å²) in [6, 6.07) is 8.12. The highest BCUT2D eigenvalue weighted by molar-refractivity contribution is 5.40. The third kappa shape index (κ3) is 3.60. The fraction of sp³-hybridized carbons (Fsp3) is 0.471. The summed E-state index contributed by atoms with van der Waals surface area (Å²) in [6.07, 6.45) is 3.79. The van der Waals surface area contributed by atoms with Gasteiger partial charge in [-0.2, -0.15) is 0 Å². The maximum atomic E-state index is 5.47. The number of nitrogens with zero attached hydrogens (tertiary/aromatic N) is 4. The van der Waals surface area contributed by atoms with E-state index >= 15 is 0 Å². The molecular weight excluding hydrogens is 276 g/mol. The quantitative estimate of drug-likeness (QED) is 0.848. The second kappa shape index (κ2) is 6.83. The molecule has 2 aromatic heterocycles. The van der Waals surface area contributed by atoms with E-state index in [1.165, 1.54) is 0 Å². The molecular formula is C17H22N4O. The summed E-state index contributed by atoms with van der Waals surface area (Å²) in [6.45, 7) is 4.44. The Morgan fingerprint density at radius 1 is 1.32 bits per heavy atom. The standard InChI is InChI=1S/C17H22N4O/c1-13-19-16(14-7-10-22-12-14)11-17(20-13)21(2)9-6-15-5-3-4-8-18-15/h3-5,8,11,14H,6-7,9-10,12H2,1-2H3. The second-order valence-electron chi connectivity index (χ2n) is 5.75. The molecule has 0 spiro atoms. The van der Waals surface area contributed by atoms with E-state index in [9.17, 15) is 0 Å². The first kappa shape index (κ1) is 14.9. The highest BCUT2D eigenvalue weighted by atomic mass is 16.5. The molecule has 0 N–H and O–H groups in total. The molecule has 0 amide bonds. The Labute approximate surface area is 131 Å². The number of aryl methyl sites for hydroxylation is 1. The molecule has 3 rings (SSSR count). The predicted octanol–water partition coefficient (Wildman–Crippen LogP) is 2.36. The third-order valence-corrected chi connectivity index (χ3v) is 4.01. The van der Waals surface area contributed by atoms with Gasteiger partial charge in [0.15, 0.2) is 0 Å². The summed E-state index contributed by atoms with van der Waals surface area (Å²) < 4.78 is 5.47. The van der Waals surface area contributed by atoms with E-state index in [2.05, 4.69) is 39.0 Å². The molecule has 0 aliphatic carbocycles. The SMILES string of the molecule is Cc1nc(C2CCOC2)cc(N(C)CCc2ccccn2)n1. The minimum atomic E-state index is 0.407. The van der Waals surface area contributed by atoms with Gasteiger partial charge in [0.25, 0.3) is 0 Å². The largest absolute Gasteiger partial charge is 0.381 e. The lowest BCUT2D eigenvalue weighted by Crippen LogP contribution is -2.22. The molecule has 5 nitrogen and oxygen atoms in total.